The summed E-state index contributed by atoms with van der Waals surface area (Å²) in [5.74, 6) is -0.911. The van der Waals surface area contributed by atoms with Crippen molar-refractivity contribution in [3.8, 4) is 0 Å². The zero-order valence-corrected chi connectivity index (χ0v) is 14.6. The van der Waals surface area contributed by atoms with Crippen LogP contribution in [-0.2, 0) is 4.79 Å². The van der Waals surface area contributed by atoms with Crippen LogP contribution < -0.4 is 0 Å². The minimum Gasteiger partial charge on any atom is -0.339 e. The van der Waals surface area contributed by atoms with E-state index in [-0.39, 0.29) is 5.57 Å². The van der Waals surface area contributed by atoms with Gasteiger partial charge in [-0.1, -0.05) is 57.0 Å². The predicted molar refractivity (Wildman–Crippen MR) is 91.5 cm³/mol. The lowest BCUT2D eigenvalue weighted by molar-refractivity contribution is -0.139. The van der Waals surface area contributed by atoms with Crippen LogP contribution >= 0.6 is 0 Å². The Labute approximate surface area is 142 Å². The Morgan fingerprint density at radius 3 is 1.92 bits per heavy atom. The molecule has 134 valence electrons. The van der Waals surface area contributed by atoms with E-state index in [1.165, 1.54) is 11.8 Å². The highest BCUT2D eigenvalue weighted by molar-refractivity contribution is 6.02. The maximum atomic E-state index is 13.6. The molecule has 0 unspecified atom stereocenters. The van der Waals surface area contributed by atoms with Gasteiger partial charge < -0.3 is 4.90 Å². The number of alkyl halides is 3. The second-order valence-electron chi connectivity index (χ2n) is 5.86. The molecule has 1 aromatic rings. The van der Waals surface area contributed by atoms with Crippen LogP contribution in [0.2, 0.25) is 0 Å². The molecule has 0 fully saturated rings. The quantitative estimate of drug-likeness (QED) is 0.576. The SMILES string of the molecule is CCCCN(CCCC)C(=O)/C(=C(\C)c1ccccc1)C(F)(F)F. The molecule has 0 aliphatic rings. The number of hydrogen-bond acceptors (Lipinski definition) is 1. The second kappa shape index (κ2) is 9.50. The molecule has 0 aliphatic heterocycles. The van der Waals surface area contributed by atoms with E-state index in [1.807, 2.05) is 13.8 Å². The number of carbonyl (C=O) groups is 1. The second-order valence-corrected chi connectivity index (χ2v) is 5.86. The normalized spacial score (nSPS) is 12.8. The van der Waals surface area contributed by atoms with E-state index in [0.29, 0.717) is 31.5 Å². The summed E-state index contributed by atoms with van der Waals surface area (Å²) in [5.41, 5.74) is -0.656. The Hall–Kier alpha value is -1.78. The van der Waals surface area contributed by atoms with Crippen LogP contribution in [0.5, 0.6) is 0 Å². The number of carbonyl (C=O) groups excluding carboxylic acids is 1. The van der Waals surface area contributed by atoms with Crippen LogP contribution in [0.4, 0.5) is 13.2 Å². The highest BCUT2D eigenvalue weighted by Crippen LogP contribution is 2.34. The number of rotatable bonds is 8. The standard InChI is InChI=1S/C19H26F3NO/c1-4-6-13-23(14-7-5-2)18(24)17(19(20,21)22)15(3)16-11-9-8-10-12-16/h8-12H,4-7,13-14H2,1-3H3/b17-15-. The zero-order valence-electron chi connectivity index (χ0n) is 14.6. The fraction of sp³-hybridized carbons (Fsp3) is 0.526. The summed E-state index contributed by atoms with van der Waals surface area (Å²) < 4.78 is 40.8. The van der Waals surface area contributed by atoms with Gasteiger partial charge in [-0.3, -0.25) is 4.79 Å². The first-order chi connectivity index (χ1) is 11.3. The third kappa shape index (κ3) is 5.69. The van der Waals surface area contributed by atoms with E-state index in [4.69, 9.17) is 0 Å². The van der Waals surface area contributed by atoms with Crippen molar-refractivity contribution in [2.24, 2.45) is 0 Å². The fourth-order valence-electron chi connectivity index (χ4n) is 2.50. The molecule has 0 saturated carbocycles. The maximum absolute atomic E-state index is 13.6. The molecule has 1 amide bonds. The first-order valence-electron chi connectivity index (χ1n) is 8.45. The molecule has 5 heteroatoms. The Kier molecular flexibility index (Phi) is 8.02. The Bertz CT molecular complexity index is 541. The lowest BCUT2D eigenvalue weighted by Crippen LogP contribution is -2.38. The van der Waals surface area contributed by atoms with Crippen LogP contribution in [-0.4, -0.2) is 30.1 Å². The van der Waals surface area contributed by atoms with E-state index >= 15 is 0 Å². The molecular weight excluding hydrogens is 315 g/mol. The molecule has 1 aromatic carbocycles. The van der Waals surface area contributed by atoms with Gasteiger partial charge >= 0.3 is 6.18 Å². The topological polar surface area (TPSA) is 20.3 Å². The molecule has 24 heavy (non-hydrogen) atoms. The van der Waals surface area contributed by atoms with Crippen molar-refractivity contribution in [2.45, 2.75) is 52.6 Å². The highest BCUT2D eigenvalue weighted by atomic mass is 19.4. The minimum absolute atomic E-state index is 0.0221. The Morgan fingerprint density at radius 2 is 1.50 bits per heavy atom. The molecule has 0 N–H and O–H groups in total. The molecule has 0 spiro atoms. The number of unbranched alkanes of at least 4 members (excludes halogenated alkanes) is 2. The predicted octanol–water partition coefficient (Wildman–Crippen LogP) is 5.45. The number of nitrogens with zero attached hydrogens (tertiary/aromatic N) is 1. The van der Waals surface area contributed by atoms with Crippen molar-refractivity contribution in [2.75, 3.05) is 13.1 Å². The van der Waals surface area contributed by atoms with E-state index in [9.17, 15) is 18.0 Å². The number of allylic oxidation sites excluding steroid dienone is 1. The highest BCUT2D eigenvalue weighted by Gasteiger charge is 2.42. The van der Waals surface area contributed by atoms with Crippen LogP contribution in [0.1, 0.15) is 52.0 Å². The van der Waals surface area contributed by atoms with Gasteiger partial charge in [-0.25, -0.2) is 0 Å². The molecular formula is C19H26F3NO. The number of amides is 1. The minimum atomic E-state index is -4.67. The average Bonchev–Trinajstić information content (AvgIpc) is 2.54. The van der Waals surface area contributed by atoms with Crippen molar-refractivity contribution in [3.63, 3.8) is 0 Å². The third-order valence-electron chi connectivity index (χ3n) is 3.93. The van der Waals surface area contributed by atoms with Gasteiger partial charge in [-0.05, 0) is 30.9 Å². The van der Waals surface area contributed by atoms with Crippen LogP contribution in [0.25, 0.3) is 5.57 Å². The van der Waals surface area contributed by atoms with Gasteiger partial charge in [0.1, 0.15) is 5.57 Å². The van der Waals surface area contributed by atoms with Crippen molar-refractivity contribution in [1.29, 1.82) is 0 Å². The van der Waals surface area contributed by atoms with Gasteiger partial charge in [0.25, 0.3) is 5.91 Å². The molecule has 0 radical (unpaired) electrons. The maximum Gasteiger partial charge on any atom is 0.421 e. The summed E-state index contributed by atoms with van der Waals surface area (Å²) in [7, 11) is 0. The molecule has 0 atom stereocenters. The number of halogens is 3. The molecule has 0 aliphatic carbocycles. The molecule has 0 bridgehead atoms. The van der Waals surface area contributed by atoms with E-state index in [1.54, 1.807) is 30.3 Å². The summed E-state index contributed by atoms with van der Waals surface area (Å²) in [6, 6.07) is 8.26. The van der Waals surface area contributed by atoms with E-state index < -0.39 is 17.7 Å². The van der Waals surface area contributed by atoms with Crippen molar-refractivity contribution in [3.05, 3.63) is 41.5 Å². The number of hydrogen-bond donors (Lipinski definition) is 0. The van der Waals surface area contributed by atoms with Crippen molar-refractivity contribution < 1.29 is 18.0 Å². The summed E-state index contributed by atoms with van der Waals surface area (Å²) in [4.78, 5) is 14.0. The third-order valence-corrected chi connectivity index (χ3v) is 3.93. The van der Waals surface area contributed by atoms with Gasteiger partial charge in [0.15, 0.2) is 0 Å². The molecule has 1 rings (SSSR count). The van der Waals surface area contributed by atoms with Crippen LogP contribution in [0, 0.1) is 0 Å². The smallest absolute Gasteiger partial charge is 0.339 e. The lowest BCUT2D eigenvalue weighted by atomic mass is 9.99. The summed E-state index contributed by atoms with van der Waals surface area (Å²) in [5, 5.41) is 0. The Morgan fingerprint density at radius 1 is 1.00 bits per heavy atom. The zero-order chi connectivity index (χ0) is 18.2. The van der Waals surface area contributed by atoms with Gasteiger partial charge in [0.2, 0.25) is 0 Å². The first-order valence-corrected chi connectivity index (χ1v) is 8.45. The first kappa shape index (κ1) is 20.3. The average molecular weight is 341 g/mol. The van der Waals surface area contributed by atoms with E-state index in [0.717, 1.165) is 12.8 Å². The van der Waals surface area contributed by atoms with Crippen molar-refractivity contribution >= 4 is 11.5 Å². The Balaban J connectivity index is 3.25. The molecule has 0 heterocycles. The van der Waals surface area contributed by atoms with Gasteiger partial charge in [-0.2, -0.15) is 13.2 Å². The number of benzene rings is 1. The summed E-state index contributed by atoms with van der Waals surface area (Å²) >= 11 is 0. The fourth-order valence-corrected chi connectivity index (χ4v) is 2.50. The van der Waals surface area contributed by atoms with Gasteiger partial charge in [0.05, 0.1) is 0 Å². The van der Waals surface area contributed by atoms with E-state index in [2.05, 4.69) is 0 Å². The monoisotopic (exact) mass is 341 g/mol. The van der Waals surface area contributed by atoms with Crippen LogP contribution in [0.15, 0.2) is 35.9 Å². The summed E-state index contributed by atoms with van der Waals surface area (Å²) in [6.07, 6.45) is -1.61. The molecule has 0 aromatic heterocycles. The van der Waals surface area contributed by atoms with Crippen molar-refractivity contribution in [1.82, 2.24) is 4.90 Å². The van der Waals surface area contributed by atoms with Crippen LogP contribution in [0.3, 0.4) is 0 Å². The molecule has 0 saturated heterocycles. The van der Waals surface area contributed by atoms with Gasteiger partial charge in [-0.15, -0.1) is 0 Å². The molecule has 2 nitrogen and oxygen atoms in total. The van der Waals surface area contributed by atoms with Gasteiger partial charge in [0, 0.05) is 13.1 Å². The lowest BCUT2D eigenvalue weighted by Gasteiger charge is -2.26. The largest absolute Gasteiger partial charge is 0.421 e. The summed E-state index contributed by atoms with van der Waals surface area (Å²) in [6.45, 7) is 6.00.